The van der Waals surface area contributed by atoms with Crippen LogP contribution in [0.5, 0.6) is 5.75 Å². The maximum Gasteiger partial charge on any atom is 0.462 e. The molecule has 2 aliphatic rings. The summed E-state index contributed by atoms with van der Waals surface area (Å²) >= 11 is 0. The molecule has 2 fully saturated rings. The summed E-state index contributed by atoms with van der Waals surface area (Å²) in [6, 6.07) is 11.8. The van der Waals surface area contributed by atoms with Gasteiger partial charge in [0.1, 0.15) is 24.1 Å². The van der Waals surface area contributed by atoms with Gasteiger partial charge in [0.05, 0.1) is 32.0 Å². The Bertz CT molecular complexity index is 1750. The maximum absolute atomic E-state index is 14.6. The Kier molecular flexibility index (Phi) is 10.0. The van der Waals surface area contributed by atoms with Gasteiger partial charge in [-0.25, -0.2) is 14.2 Å². The number of rotatable bonds is 11. The van der Waals surface area contributed by atoms with Gasteiger partial charge in [-0.05, 0) is 37.3 Å². The minimum atomic E-state index is -4.27. The molecule has 14 nitrogen and oxygen atoms in total. The highest BCUT2D eigenvalue weighted by Gasteiger charge is 2.48. The van der Waals surface area contributed by atoms with Crippen molar-refractivity contribution in [1.82, 2.24) is 14.2 Å². The predicted octanol–water partition coefficient (Wildman–Crippen LogP) is 2.76. The number of aromatic amines is 1. The highest BCUT2D eigenvalue weighted by atomic mass is 31.2. The lowest BCUT2D eigenvalue weighted by atomic mass is 10.1. The number of aliphatic hydroxyl groups is 1. The summed E-state index contributed by atoms with van der Waals surface area (Å²) in [5.41, 5.74) is -1.55. The fourth-order valence-corrected chi connectivity index (χ4v) is 7.32. The van der Waals surface area contributed by atoms with Crippen molar-refractivity contribution >= 4 is 36.5 Å². The van der Waals surface area contributed by atoms with Crippen LogP contribution in [-0.4, -0.2) is 76.4 Å². The lowest BCUT2D eigenvalue weighted by molar-refractivity contribution is -0.147. The van der Waals surface area contributed by atoms with E-state index >= 15 is 0 Å². The quantitative estimate of drug-likeness (QED) is 0.178. The van der Waals surface area contributed by atoms with E-state index in [1.54, 1.807) is 19.1 Å². The molecule has 0 amide bonds. The van der Waals surface area contributed by atoms with Crippen LogP contribution in [0.25, 0.3) is 16.8 Å². The number of fused-ring (bicyclic) bond motifs is 1. The van der Waals surface area contributed by atoms with Crippen LogP contribution in [-0.2, 0) is 32.9 Å². The van der Waals surface area contributed by atoms with Gasteiger partial charge in [0.2, 0.25) is 0 Å². The van der Waals surface area contributed by atoms with Crippen molar-refractivity contribution in [3.8, 4) is 5.75 Å². The second-order valence-electron chi connectivity index (χ2n) is 10.4. The van der Waals surface area contributed by atoms with Crippen molar-refractivity contribution < 1.29 is 42.5 Å². The zero-order valence-electron chi connectivity index (χ0n) is 24.7. The minimum absolute atomic E-state index is 0.0233. The minimum Gasteiger partial charge on any atom is -0.466 e. The molecule has 240 valence electrons. The standard InChI is InChI=1S/C30H34N3O11P/c1-3-41-29(37)22-11-7-15-33(22)45(39,44-24-12-6-9-19-8-4-5-10-21(19)24)42-18-25-23(34)16-26(43-25)32-17-20(13-14-27(35)40-2)28(36)31-30(32)38/h4-6,8-10,12-14,17,22-23,25-26,34H,3,7,11,15-16,18H2,1-2H3,(H,31,36,38)/b14-13+/t22-,23-,25+,26+,45?/m0/s1. The molecule has 0 saturated carbocycles. The van der Waals surface area contributed by atoms with Crippen molar-refractivity contribution in [3.05, 3.63) is 81.1 Å². The normalized spacial score (nSPS) is 23.3. The van der Waals surface area contributed by atoms with Gasteiger partial charge in [-0.1, -0.05) is 36.4 Å². The third kappa shape index (κ3) is 7.10. The Balaban J connectivity index is 1.40. The van der Waals surface area contributed by atoms with Crippen molar-refractivity contribution in [3.63, 3.8) is 0 Å². The number of ether oxygens (including phenoxy) is 3. The smallest absolute Gasteiger partial charge is 0.462 e. The zero-order valence-corrected chi connectivity index (χ0v) is 25.6. The van der Waals surface area contributed by atoms with Crippen LogP contribution >= 0.6 is 7.75 Å². The van der Waals surface area contributed by atoms with E-state index in [9.17, 15) is 28.8 Å². The molecule has 0 spiro atoms. The third-order valence-electron chi connectivity index (χ3n) is 7.57. The van der Waals surface area contributed by atoms with E-state index < -0.39 is 62.0 Å². The number of methoxy groups -OCH3 is 1. The van der Waals surface area contributed by atoms with Crippen LogP contribution < -0.4 is 15.8 Å². The first-order chi connectivity index (χ1) is 21.6. The summed E-state index contributed by atoms with van der Waals surface area (Å²) in [5, 5.41) is 12.4. The molecular formula is C30H34N3O11P. The summed E-state index contributed by atoms with van der Waals surface area (Å²) in [6.07, 6.45) is 1.03. The average Bonchev–Trinajstić information content (AvgIpc) is 3.67. The number of carbonyl (C=O) groups excluding carboxylic acids is 2. The number of esters is 2. The highest BCUT2D eigenvalue weighted by molar-refractivity contribution is 7.51. The van der Waals surface area contributed by atoms with Gasteiger partial charge in [-0.3, -0.25) is 23.7 Å². The lowest BCUT2D eigenvalue weighted by Crippen LogP contribution is -2.38. The van der Waals surface area contributed by atoms with E-state index in [0.717, 1.165) is 16.0 Å². The van der Waals surface area contributed by atoms with Gasteiger partial charge >= 0.3 is 25.4 Å². The molecule has 15 heteroatoms. The summed E-state index contributed by atoms with van der Waals surface area (Å²) in [5.74, 6) is -0.966. The van der Waals surface area contributed by atoms with Gasteiger partial charge < -0.3 is 23.8 Å². The Morgan fingerprint density at radius 1 is 1.18 bits per heavy atom. The molecule has 0 bridgehead atoms. The van der Waals surface area contributed by atoms with Crippen LogP contribution in [0.1, 0.15) is 38.0 Å². The topological polar surface area (TPSA) is 176 Å². The Labute approximate surface area is 257 Å². The molecule has 0 aliphatic carbocycles. The SMILES string of the molecule is CCOC(=O)[C@@H]1CCCN1P(=O)(OC[C@H]1O[C@@H](n2cc(/C=C/C(=O)OC)c(=O)[nH]c2=O)C[C@@H]1O)Oc1cccc2ccccc12. The molecular weight excluding hydrogens is 609 g/mol. The molecule has 2 N–H and O–H groups in total. The fourth-order valence-electron chi connectivity index (χ4n) is 5.34. The number of aliphatic hydroxyl groups excluding tert-OH is 1. The highest BCUT2D eigenvalue weighted by Crippen LogP contribution is 2.56. The van der Waals surface area contributed by atoms with Crippen LogP contribution in [0.2, 0.25) is 0 Å². The van der Waals surface area contributed by atoms with Crippen LogP contribution in [0, 0.1) is 0 Å². The fraction of sp³-hybridized carbons (Fsp3) is 0.400. The first-order valence-electron chi connectivity index (χ1n) is 14.4. The monoisotopic (exact) mass is 643 g/mol. The zero-order chi connectivity index (χ0) is 32.1. The summed E-state index contributed by atoms with van der Waals surface area (Å²) in [7, 11) is -3.09. The molecule has 0 radical (unpaired) electrons. The van der Waals surface area contributed by atoms with Crippen molar-refractivity contribution in [1.29, 1.82) is 0 Å². The van der Waals surface area contributed by atoms with Crippen LogP contribution in [0.3, 0.4) is 0 Å². The second-order valence-corrected chi connectivity index (χ2v) is 12.3. The molecule has 5 rings (SSSR count). The molecule has 2 aromatic carbocycles. The first-order valence-corrected chi connectivity index (χ1v) is 15.9. The van der Waals surface area contributed by atoms with Crippen molar-refractivity contribution in [2.45, 2.75) is 50.7 Å². The second kappa shape index (κ2) is 13.9. The van der Waals surface area contributed by atoms with Gasteiger partial charge in [0.25, 0.3) is 5.56 Å². The summed E-state index contributed by atoms with van der Waals surface area (Å²) < 4.78 is 44.9. The Hall–Kier alpha value is -4.07. The van der Waals surface area contributed by atoms with Gasteiger partial charge in [0.15, 0.2) is 0 Å². The number of nitrogens with zero attached hydrogens (tertiary/aromatic N) is 2. The summed E-state index contributed by atoms with van der Waals surface area (Å²) in [4.78, 5) is 51.3. The third-order valence-corrected chi connectivity index (χ3v) is 9.58. The van der Waals surface area contributed by atoms with E-state index in [1.165, 1.54) is 24.1 Å². The lowest BCUT2D eigenvalue weighted by Gasteiger charge is -2.31. The van der Waals surface area contributed by atoms with Crippen molar-refractivity contribution in [2.24, 2.45) is 0 Å². The predicted molar refractivity (Wildman–Crippen MR) is 161 cm³/mol. The number of hydrogen-bond donors (Lipinski definition) is 2. The number of H-pyrrole nitrogens is 1. The van der Waals surface area contributed by atoms with E-state index in [-0.39, 0.29) is 30.9 Å². The molecule has 3 heterocycles. The maximum atomic E-state index is 14.6. The Morgan fingerprint density at radius 3 is 2.73 bits per heavy atom. The molecule has 5 atom stereocenters. The van der Waals surface area contributed by atoms with Gasteiger partial charge in [-0.15, -0.1) is 0 Å². The molecule has 2 saturated heterocycles. The number of nitrogens with one attached hydrogen (secondary N) is 1. The van der Waals surface area contributed by atoms with Gasteiger partial charge in [0, 0.05) is 30.6 Å². The van der Waals surface area contributed by atoms with E-state index in [2.05, 4.69) is 9.72 Å². The number of aromatic nitrogens is 2. The Morgan fingerprint density at radius 2 is 1.96 bits per heavy atom. The average molecular weight is 644 g/mol. The summed E-state index contributed by atoms with van der Waals surface area (Å²) in [6.45, 7) is 1.64. The molecule has 1 aromatic heterocycles. The van der Waals surface area contributed by atoms with E-state index in [0.29, 0.717) is 18.2 Å². The molecule has 45 heavy (non-hydrogen) atoms. The van der Waals surface area contributed by atoms with Gasteiger partial charge in [-0.2, -0.15) is 4.67 Å². The number of benzene rings is 2. The van der Waals surface area contributed by atoms with E-state index in [4.69, 9.17) is 18.5 Å². The molecule has 2 aliphatic heterocycles. The van der Waals surface area contributed by atoms with Crippen LogP contribution in [0.15, 0.2) is 64.3 Å². The van der Waals surface area contributed by atoms with Crippen molar-refractivity contribution in [2.75, 3.05) is 26.9 Å². The number of carbonyl (C=O) groups is 2. The first kappa shape index (κ1) is 32.3. The molecule has 1 unspecified atom stereocenters. The largest absolute Gasteiger partial charge is 0.466 e. The van der Waals surface area contributed by atoms with Crippen LogP contribution in [0.4, 0.5) is 0 Å². The van der Waals surface area contributed by atoms with E-state index in [1.807, 2.05) is 30.3 Å². The molecule has 3 aromatic rings. The number of hydrogen-bond acceptors (Lipinski definition) is 11.